The zero-order valence-electron chi connectivity index (χ0n) is 13.0. The van der Waals surface area contributed by atoms with Gasteiger partial charge in [0.1, 0.15) is 5.82 Å². The summed E-state index contributed by atoms with van der Waals surface area (Å²) in [6, 6.07) is 16.7. The number of rotatable bonds is 4. The summed E-state index contributed by atoms with van der Waals surface area (Å²) in [5.74, 6) is -0.260. The molecule has 0 radical (unpaired) electrons. The van der Waals surface area contributed by atoms with Gasteiger partial charge in [0.25, 0.3) is 5.91 Å². The maximum Gasteiger partial charge on any atom is 0.276 e. The zero-order valence-corrected chi connectivity index (χ0v) is 13.0. The molecule has 0 unspecified atom stereocenters. The standard InChI is InChI=1S/C18H15FN4O/c1-12-5-2-3-8-15(12)21-18(24)16-9-10-17(23-22-16)20-14-7-4-6-13(19)11-14/h2-11H,1H3,(H,20,23)(H,21,24). The Bertz CT molecular complexity index is 865. The molecule has 0 spiro atoms. The van der Waals surface area contributed by atoms with Gasteiger partial charge in [0, 0.05) is 11.4 Å². The highest BCUT2D eigenvalue weighted by atomic mass is 19.1. The van der Waals surface area contributed by atoms with E-state index in [-0.39, 0.29) is 17.4 Å². The van der Waals surface area contributed by atoms with E-state index in [1.165, 1.54) is 12.1 Å². The van der Waals surface area contributed by atoms with Gasteiger partial charge in [-0.25, -0.2) is 4.39 Å². The second-order valence-corrected chi connectivity index (χ2v) is 5.21. The predicted molar refractivity (Wildman–Crippen MR) is 90.8 cm³/mol. The summed E-state index contributed by atoms with van der Waals surface area (Å²) in [6.07, 6.45) is 0. The molecule has 0 saturated heterocycles. The zero-order chi connectivity index (χ0) is 16.9. The van der Waals surface area contributed by atoms with Gasteiger partial charge in [-0.3, -0.25) is 4.79 Å². The lowest BCUT2D eigenvalue weighted by molar-refractivity contribution is 0.102. The molecule has 5 nitrogen and oxygen atoms in total. The fourth-order valence-corrected chi connectivity index (χ4v) is 2.13. The maximum atomic E-state index is 13.2. The molecule has 3 rings (SSSR count). The van der Waals surface area contributed by atoms with Crippen molar-refractivity contribution in [3.63, 3.8) is 0 Å². The molecule has 0 fully saturated rings. The van der Waals surface area contributed by atoms with Gasteiger partial charge in [-0.1, -0.05) is 24.3 Å². The number of anilines is 3. The first-order chi connectivity index (χ1) is 11.6. The molecule has 1 heterocycles. The Hall–Kier alpha value is -3.28. The largest absolute Gasteiger partial charge is 0.339 e. The molecule has 1 aromatic heterocycles. The molecule has 0 aliphatic heterocycles. The average Bonchev–Trinajstić information content (AvgIpc) is 2.57. The summed E-state index contributed by atoms with van der Waals surface area (Å²) >= 11 is 0. The number of amides is 1. The molecule has 0 saturated carbocycles. The molecular weight excluding hydrogens is 307 g/mol. The summed E-state index contributed by atoms with van der Waals surface area (Å²) < 4.78 is 13.2. The van der Waals surface area contributed by atoms with Crippen LogP contribution in [0.15, 0.2) is 60.7 Å². The van der Waals surface area contributed by atoms with E-state index in [2.05, 4.69) is 20.8 Å². The van der Waals surface area contributed by atoms with Crippen LogP contribution in [0.1, 0.15) is 16.1 Å². The van der Waals surface area contributed by atoms with E-state index >= 15 is 0 Å². The molecular formula is C18H15FN4O. The van der Waals surface area contributed by atoms with Crippen LogP contribution < -0.4 is 10.6 Å². The first kappa shape index (κ1) is 15.6. The summed E-state index contributed by atoms with van der Waals surface area (Å²) in [4.78, 5) is 12.2. The van der Waals surface area contributed by atoms with Crippen molar-refractivity contribution in [3.8, 4) is 0 Å². The van der Waals surface area contributed by atoms with Crippen molar-refractivity contribution in [3.05, 3.63) is 77.7 Å². The van der Waals surface area contributed by atoms with E-state index in [4.69, 9.17) is 0 Å². The third-order valence-corrected chi connectivity index (χ3v) is 3.39. The number of para-hydroxylation sites is 1. The Morgan fingerprint density at radius 3 is 2.54 bits per heavy atom. The van der Waals surface area contributed by atoms with Crippen LogP contribution in [0.2, 0.25) is 0 Å². The van der Waals surface area contributed by atoms with Crippen LogP contribution in [-0.2, 0) is 0 Å². The molecule has 3 aromatic rings. The predicted octanol–water partition coefficient (Wildman–Crippen LogP) is 3.92. The van der Waals surface area contributed by atoms with Crippen molar-refractivity contribution in [1.29, 1.82) is 0 Å². The minimum atomic E-state index is -0.345. The Balaban J connectivity index is 1.70. The second kappa shape index (κ2) is 6.87. The lowest BCUT2D eigenvalue weighted by atomic mass is 10.2. The van der Waals surface area contributed by atoms with E-state index in [1.807, 2.05) is 31.2 Å². The third kappa shape index (κ3) is 3.73. The number of carbonyl (C=O) groups excluding carboxylic acids is 1. The van der Waals surface area contributed by atoms with E-state index < -0.39 is 0 Å². The van der Waals surface area contributed by atoms with Crippen LogP contribution in [-0.4, -0.2) is 16.1 Å². The molecule has 2 aromatic carbocycles. The Morgan fingerprint density at radius 2 is 1.83 bits per heavy atom. The van der Waals surface area contributed by atoms with Gasteiger partial charge in [-0.15, -0.1) is 10.2 Å². The molecule has 2 N–H and O–H groups in total. The summed E-state index contributed by atoms with van der Waals surface area (Å²) in [6.45, 7) is 1.91. The number of aromatic nitrogens is 2. The van der Waals surface area contributed by atoms with Gasteiger partial charge < -0.3 is 10.6 Å². The molecule has 0 aliphatic rings. The van der Waals surface area contributed by atoms with Gasteiger partial charge in [-0.2, -0.15) is 0 Å². The SMILES string of the molecule is Cc1ccccc1NC(=O)c1ccc(Nc2cccc(F)c2)nn1. The van der Waals surface area contributed by atoms with Crippen molar-refractivity contribution in [2.75, 3.05) is 10.6 Å². The van der Waals surface area contributed by atoms with Crippen molar-refractivity contribution >= 4 is 23.1 Å². The summed E-state index contributed by atoms with van der Waals surface area (Å²) in [7, 11) is 0. The number of hydrogen-bond acceptors (Lipinski definition) is 4. The highest BCUT2D eigenvalue weighted by Gasteiger charge is 2.10. The van der Waals surface area contributed by atoms with Gasteiger partial charge >= 0.3 is 0 Å². The summed E-state index contributed by atoms with van der Waals surface area (Å²) in [5, 5.41) is 13.6. The van der Waals surface area contributed by atoms with E-state index in [1.54, 1.807) is 24.3 Å². The van der Waals surface area contributed by atoms with Gasteiger partial charge in [0.05, 0.1) is 0 Å². The number of aryl methyl sites for hydroxylation is 1. The highest BCUT2D eigenvalue weighted by molar-refractivity contribution is 6.03. The number of hydrogen-bond donors (Lipinski definition) is 2. The molecule has 1 amide bonds. The van der Waals surface area contributed by atoms with E-state index in [0.717, 1.165) is 11.3 Å². The Labute approximate surface area is 138 Å². The van der Waals surface area contributed by atoms with Gasteiger partial charge in [0.2, 0.25) is 0 Å². The van der Waals surface area contributed by atoms with Crippen LogP contribution in [0.25, 0.3) is 0 Å². The minimum absolute atomic E-state index is 0.197. The highest BCUT2D eigenvalue weighted by Crippen LogP contribution is 2.16. The molecule has 120 valence electrons. The van der Waals surface area contributed by atoms with Crippen LogP contribution in [0, 0.1) is 12.7 Å². The lowest BCUT2D eigenvalue weighted by Gasteiger charge is -2.08. The fourth-order valence-electron chi connectivity index (χ4n) is 2.13. The van der Waals surface area contributed by atoms with Crippen molar-refractivity contribution in [2.45, 2.75) is 6.92 Å². The second-order valence-electron chi connectivity index (χ2n) is 5.21. The molecule has 0 atom stereocenters. The average molecular weight is 322 g/mol. The normalized spacial score (nSPS) is 10.2. The first-order valence-corrected chi connectivity index (χ1v) is 7.35. The van der Waals surface area contributed by atoms with Crippen LogP contribution in [0.3, 0.4) is 0 Å². The van der Waals surface area contributed by atoms with Gasteiger partial charge in [-0.05, 0) is 48.9 Å². The number of halogens is 1. The lowest BCUT2D eigenvalue weighted by Crippen LogP contribution is -2.15. The number of nitrogens with one attached hydrogen (secondary N) is 2. The monoisotopic (exact) mass is 322 g/mol. The van der Waals surface area contributed by atoms with Crippen LogP contribution >= 0.6 is 0 Å². The molecule has 6 heteroatoms. The summed E-state index contributed by atoms with van der Waals surface area (Å²) in [5.41, 5.74) is 2.44. The first-order valence-electron chi connectivity index (χ1n) is 7.35. The van der Waals surface area contributed by atoms with Gasteiger partial charge in [0.15, 0.2) is 11.5 Å². The minimum Gasteiger partial charge on any atom is -0.339 e. The maximum absolute atomic E-state index is 13.2. The van der Waals surface area contributed by atoms with Crippen molar-refractivity contribution in [2.24, 2.45) is 0 Å². The fraction of sp³-hybridized carbons (Fsp3) is 0.0556. The Morgan fingerprint density at radius 1 is 1.00 bits per heavy atom. The molecule has 0 aliphatic carbocycles. The molecule has 24 heavy (non-hydrogen) atoms. The van der Waals surface area contributed by atoms with Crippen LogP contribution in [0.4, 0.5) is 21.6 Å². The Kier molecular flexibility index (Phi) is 4.47. The smallest absolute Gasteiger partial charge is 0.276 e. The number of nitrogens with zero attached hydrogens (tertiary/aromatic N) is 2. The van der Waals surface area contributed by atoms with E-state index in [0.29, 0.717) is 11.5 Å². The van der Waals surface area contributed by atoms with E-state index in [9.17, 15) is 9.18 Å². The van der Waals surface area contributed by atoms with Crippen LogP contribution in [0.5, 0.6) is 0 Å². The number of benzene rings is 2. The quantitative estimate of drug-likeness (QED) is 0.764. The van der Waals surface area contributed by atoms with Crippen molar-refractivity contribution < 1.29 is 9.18 Å². The topological polar surface area (TPSA) is 66.9 Å². The third-order valence-electron chi connectivity index (χ3n) is 3.39. The van der Waals surface area contributed by atoms with Crippen molar-refractivity contribution in [1.82, 2.24) is 10.2 Å². The molecule has 0 bridgehead atoms. The number of carbonyl (C=O) groups is 1.